The van der Waals surface area contributed by atoms with Crippen molar-refractivity contribution in [3.63, 3.8) is 0 Å². The Balaban J connectivity index is 2.29. The van der Waals surface area contributed by atoms with Crippen LogP contribution in [0.2, 0.25) is 0 Å². The average Bonchev–Trinajstić information content (AvgIpc) is 2.95. The Morgan fingerprint density at radius 3 is 1.75 bits per heavy atom. The highest BCUT2D eigenvalue weighted by Gasteiger charge is 2.34. The van der Waals surface area contributed by atoms with Crippen molar-refractivity contribution in [2.45, 2.75) is 5.03 Å². The number of allylic oxidation sites excluding steroid dienone is 5. The van der Waals surface area contributed by atoms with Crippen LogP contribution in [0.5, 0.6) is 0 Å². The van der Waals surface area contributed by atoms with Gasteiger partial charge in [-0.1, -0.05) is 122 Å². The molecule has 1 heterocycles. The number of rotatable bonds is 9. The lowest BCUT2D eigenvalue weighted by Gasteiger charge is -2.32. The highest BCUT2D eigenvalue weighted by molar-refractivity contribution is 7.99. The van der Waals surface area contributed by atoms with E-state index in [4.69, 9.17) is 0 Å². The van der Waals surface area contributed by atoms with E-state index >= 15 is 0 Å². The maximum Gasteiger partial charge on any atom is 0.187 e. The summed E-state index contributed by atoms with van der Waals surface area (Å²) in [7, 11) is 0. The van der Waals surface area contributed by atoms with Crippen molar-refractivity contribution in [3.8, 4) is 0 Å². The molecule has 0 aliphatic heterocycles. The molecule has 0 fully saturated rings. The van der Waals surface area contributed by atoms with Gasteiger partial charge in [-0.2, -0.15) is 0 Å². The van der Waals surface area contributed by atoms with Gasteiger partial charge in [0.15, 0.2) is 5.78 Å². The fraction of sp³-hybridized carbons (Fsp3) is 0.0312. The van der Waals surface area contributed by atoms with Gasteiger partial charge in [0.25, 0.3) is 0 Å². The number of pyridine rings is 1. The van der Waals surface area contributed by atoms with Gasteiger partial charge < -0.3 is 0 Å². The SMILES string of the molecule is C=CC=C/C=C/C(=O)C(c1cccnc1SC)=P(c1ccccc1)(c1ccccc1)c1ccccc1. The molecule has 0 bridgehead atoms. The largest absolute Gasteiger partial charge is 0.289 e. The first-order chi connectivity index (χ1) is 17.7. The summed E-state index contributed by atoms with van der Waals surface area (Å²) in [6.45, 7) is 1.11. The Hall–Kier alpha value is -3.65. The van der Waals surface area contributed by atoms with E-state index in [2.05, 4.69) is 84.4 Å². The predicted molar refractivity (Wildman–Crippen MR) is 159 cm³/mol. The van der Waals surface area contributed by atoms with Crippen molar-refractivity contribution < 1.29 is 4.79 Å². The van der Waals surface area contributed by atoms with Crippen molar-refractivity contribution in [2.24, 2.45) is 0 Å². The number of aromatic nitrogens is 1. The molecule has 1 aromatic heterocycles. The molecule has 2 nitrogen and oxygen atoms in total. The van der Waals surface area contributed by atoms with Crippen molar-refractivity contribution in [1.82, 2.24) is 4.98 Å². The molecule has 4 aromatic rings. The number of thioether (sulfide) groups is 1. The molecule has 0 amide bonds. The lowest BCUT2D eigenvalue weighted by atomic mass is 10.1. The van der Waals surface area contributed by atoms with Crippen LogP contribution < -0.4 is 15.9 Å². The van der Waals surface area contributed by atoms with Crippen LogP contribution in [0.25, 0.3) is 0 Å². The van der Waals surface area contributed by atoms with Gasteiger partial charge in [-0.25, -0.2) is 4.98 Å². The van der Waals surface area contributed by atoms with E-state index in [-0.39, 0.29) is 5.78 Å². The van der Waals surface area contributed by atoms with Crippen molar-refractivity contribution in [2.75, 3.05) is 6.26 Å². The normalized spacial score (nSPS) is 11.6. The lowest BCUT2D eigenvalue weighted by molar-refractivity contribution is -0.108. The van der Waals surface area contributed by atoms with Crippen LogP contribution in [0.1, 0.15) is 5.56 Å². The van der Waals surface area contributed by atoms with Gasteiger partial charge in [0, 0.05) is 17.1 Å². The van der Waals surface area contributed by atoms with Crippen molar-refractivity contribution in [3.05, 3.63) is 152 Å². The standard InChI is InChI=1S/C32H28NOPS/c1-3-4-5-15-24-30(34)31(29-23-16-25-33-32(29)36-2)35(26-17-9-6-10-18-26,27-19-11-7-12-20-27)28-21-13-8-14-22-28/h3-25H,1H2,2H3/b5-4?,24-15+. The molecule has 0 unspecified atom stereocenters. The molecule has 0 aliphatic rings. The second kappa shape index (κ2) is 12.4. The maximum atomic E-state index is 14.3. The number of carbonyl (C=O) groups is 1. The summed E-state index contributed by atoms with van der Waals surface area (Å²) in [6, 6.07) is 35.2. The molecular weight excluding hydrogens is 477 g/mol. The van der Waals surface area contributed by atoms with E-state index in [1.807, 2.05) is 48.7 Å². The minimum absolute atomic E-state index is 0.0306. The molecule has 0 saturated carbocycles. The molecule has 3 aromatic carbocycles. The summed E-state index contributed by atoms with van der Waals surface area (Å²) in [5, 5.41) is 4.97. The van der Waals surface area contributed by atoms with E-state index in [1.54, 1.807) is 36.2 Å². The Bertz CT molecular complexity index is 1340. The zero-order valence-corrected chi connectivity index (χ0v) is 21.9. The minimum atomic E-state index is -2.62. The number of benzene rings is 3. The van der Waals surface area contributed by atoms with Crippen LogP contribution in [0.15, 0.2) is 151 Å². The molecule has 0 aliphatic carbocycles. The molecule has 4 heteroatoms. The van der Waals surface area contributed by atoms with Crippen molar-refractivity contribution >= 4 is 45.6 Å². The number of carbonyl (C=O) groups excluding carboxylic acids is 1. The first-order valence-corrected chi connectivity index (χ1v) is 14.7. The molecular formula is C32H28NOPS. The van der Waals surface area contributed by atoms with E-state index in [9.17, 15) is 4.79 Å². The summed E-state index contributed by atoms with van der Waals surface area (Å²) in [4.78, 5) is 19.0. The third kappa shape index (κ3) is 5.14. The van der Waals surface area contributed by atoms with E-state index in [0.29, 0.717) is 0 Å². The smallest absolute Gasteiger partial charge is 0.187 e. The Kier molecular flexibility index (Phi) is 8.73. The zero-order chi connectivity index (χ0) is 25.2. The molecule has 0 N–H and O–H groups in total. The van der Waals surface area contributed by atoms with Gasteiger partial charge in [0.2, 0.25) is 0 Å². The topological polar surface area (TPSA) is 30.0 Å². The van der Waals surface area contributed by atoms with Crippen molar-refractivity contribution in [1.29, 1.82) is 0 Å². The number of hydrogen-bond donors (Lipinski definition) is 0. The summed E-state index contributed by atoms with van der Waals surface area (Å²) >= 11 is 1.56. The Labute approximate surface area is 218 Å². The molecule has 0 saturated heterocycles. The molecule has 0 radical (unpaired) electrons. The van der Waals surface area contributed by atoms with Gasteiger partial charge in [0.1, 0.15) is 5.03 Å². The Morgan fingerprint density at radius 1 is 0.750 bits per heavy atom. The predicted octanol–water partition coefficient (Wildman–Crippen LogP) is 6.19. The van der Waals surface area contributed by atoms with Crippen LogP contribution in [0.3, 0.4) is 0 Å². The first kappa shape index (κ1) is 25.4. The average molecular weight is 506 g/mol. The van der Waals surface area contributed by atoms with E-state index in [1.165, 1.54) is 0 Å². The highest BCUT2D eigenvalue weighted by Crippen LogP contribution is 2.48. The second-order valence-corrected chi connectivity index (χ2v) is 12.1. The summed E-state index contributed by atoms with van der Waals surface area (Å²) in [5.41, 5.74) is 0.872. The fourth-order valence-corrected chi connectivity index (χ4v) is 9.47. The second-order valence-electron chi connectivity index (χ2n) is 7.93. The van der Waals surface area contributed by atoms with Crippen LogP contribution in [0.4, 0.5) is 0 Å². The quantitative estimate of drug-likeness (QED) is 0.118. The molecule has 4 rings (SSSR count). The third-order valence-electron chi connectivity index (χ3n) is 5.82. The van der Waals surface area contributed by atoms with Crippen LogP contribution >= 0.6 is 18.6 Å². The number of nitrogens with zero attached hydrogens (tertiary/aromatic N) is 1. The summed E-state index contributed by atoms with van der Waals surface area (Å²) in [6.07, 6.45) is 12.6. The Morgan fingerprint density at radius 2 is 1.28 bits per heavy atom. The first-order valence-electron chi connectivity index (χ1n) is 11.7. The summed E-state index contributed by atoms with van der Waals surface area (Å²) < 4.78 is 0. The molecule has 0 spiro atoms. The molecule has 36 heavy (non-hydrogen) atoms. The minimum Gasteiger partial charge on any atom is -0.289 e. The third-order valence-corrected chi connectivity index (χ3v) is 10.9. The zero-order valence-electron chi connectivity index (χ0n) is 20.2. The van der Waals surface area contributed by atoms with Crippen LogP contribution in [0, 0.1) is 0 Å². The fourth-order valence-electron chi connectivity index (χ4n) is 4.37. The van der Waals surface area contributed by atoms with Gasteiger partial charge >= 0.3 is 0 Å². The molecule has 0 atom stereocenters. The highest BCUT2D eigenvalue weighted by atomic mass is 32.2. The lowest BCUT2D eigenvalue weighted by Crippen LogP contribution is -2.34. The number of ketones is 1. The summed E-state index contributed by atoms with van der Waals surface area (Å²) in [5.74, 6) is -0.0306. The van der Waals surface area contributed by atoms with Gasteiger partial charge in [0.05, 0.1) is 0 Å². The van der Waals surface area contributed by atoms with Gasteiger partial charge in [-0.15, -0.1) is 11.8 Å². The molecule has 178 valence electrons. The van der Waals surface area contributed by atoms with Gasteiger partial charge in [-0.05, 0) is 47.3 Å². The maximum absolute atomic E-state index is 14.3. The van der Waals surface area contributed by atoms with E-state index < -0.39 is 6.89 Å². The van der Waals surface area contributed by atoms with E-state index in [0.717, 1.165) is 31.8 Å². The van der Waals surface area contributed by atoms with Crippen LogP contribution in [-0.4, -0.2) is 22.3 Å². The monoisotopic (exact) mass is 505 g/mol. The van der Waals surface area contributed by atoms with Gasteiger partial charge in [-0.3, -0.25) is 4.79 Å². The number of hydrogen-bond acceptors (Lipinski definition) is 3. The van der Waals surface area contributed by atoms with Crippen LogP contribution in [-0.2, 0) is 4.79 Å².